The lowest BCUT2D eigenvalue weighted by Crippen LogP contribution is -2.46. The van der Waals surface area contributed by atoms with E-state index in [0.717, 1.165) is 6.07 Å². The number of amides is 1. The second-order valence-electron chi connectivity index (χ2n) is 4.62. The number of halogens is 2. The lowest BCUT2D eigenvalue weighted by Gasteiger charge is -2.32. The van der Waals surface area contributed by atoms with Gasteiger partial charge in [0.15, 0.2) is 11.6 Å². The van der Waals surface area contributed by atoms with Crippen molar-refractivity contribution in [3.63, 3.8) is 0 Å². The SMILES string of the molecule is O=C(NCC1(O)CCOCC1)c1cccc(F)c1F. The highest BCUT2D eigenvalue weighted by Crippen LogP contribution is 2.19. The van der Waals surface area contributed by atoms with Crippen molar-refractivity contribution in [2.24, 2.45) is 0 Å². The molecule has 0 spiro atoms. The topological polar surface area (TPSA) is 58.6 Å². The molecule has 0 unspecified atom stereocenters. The van der Waals surface area contributed by atoms with E-state index in [-0.39, 0.29) is 12.1 Å². The van der Waals surface area contributed by atoms with E-state index in [4.69, 9.17) is 4.74 Å². The van der Waals surface area contributed by atoms with Crippen molar-refractivity contribution in [1.82, 2.24) is 5.32 Å². The van der Waals surface area contributed by atoms with Gasteiger partial charge in [-0.2, -0.15) is 0 Å². The Kier molecular flexibility index (Phi) is 4.11. The van der Waals surface area contributed by atoms with Crippen LogP contribution in [0.1, 0.15) is 23.2 Å². The highest BCUT2D eigenvalue weighted by atomic mass is 19.2. The van der Waals surface area contributed by atoms with E-state index in [0.29, 0.717) is 26.1 Å². The maximum Gasteiger partial charge on any atom is 0.254 e. The van der Waals surface area contributed by atoms with Gasteiger partial charge in [-0.1, -0.05) is 6.07 Å². The fourth-order valence-electron chi connectivity index (χ4n) is 1.95. The van der Waals surface area contributed by atoms with Crippen LogP contribution in [0.4, 0.5) is 8.78 Å². The van der Waals surface area contributed by atoms with E-state index in [2.05, 4.69) is 5.32 Å². The fourth-order valence-corrected chi connectivity index (χ4v) is 1.95. The van der Waals surface area contributed by atoms with Crippen molar-refractivity contribution in [2.45, 2.75) is 18.4 Å². The molecular formula is C13H15F2NO3. The molecule has 1 aromatic carbocycles. The Morgan fingerprint density at radius 3 is 2.74 bits per heavy atom. The summed E-state index contributed by atoms with van der Waals surface area (Å²) in [5.74, 6) is -2.99. The molecule has 1 aliphatic heterocycles. The molecule has 104 valence electrons. The average molecular weight is 271 g/mol. The molecule has 2 rings (SSSR count). The number of hydrogen-bond donors (Lipinski definition) is 2. The third-order valence-corrected chi connectivity index (χ3v) is 3.20. The summed E-state index contributed by atoms with van der Waals surface area (Å²) in [7, 11) is 0. The molecule has 1 fully saturated rings. The number of ether oxygens (including phenoxy) is 1. The smallest absolute Gasteiger partial charge is 0.254 e. The molecule has 4 nitrogen and oxygen atoms in total. The molecule has 0 radical (unpaired) electrons. The van der Waals surface area contributed by atoms with Crippen LogP contribution in [0.3, 0.4) is 0 Å². The number of aliphatic hydroxyl groups is 1. The first-order valence-corrected chi connectivity index (χ1v) is 6.04. The fraction of sp³-hybridized carbons (Fsp3) is 0.462. The summed E-state index contributed by atoms with van der Waals surface area (Å²) in [5.41, 5.74) is -1.41. The molecule has 2 N–H and O–H groups in total. The Bertz CT molecular complexity index is 473. The van der Waals surface area contributed by atoms with Crippen LogP contribution in [0, 0.1) is 11.6 Å². The molecule has 0 atom stereocenters. The van der Waals surface area contributed by atoms with E-state index >= 15 is 0 Å². The standard InChI is InChI=1S/C13H15F2NO3/c14-10-3-1-2-9(11(10)15)12(17)16-8-13(18)4-6-19-7-5-13/h1-3,18H,4-8H2,(H,16,17). The van der Waals surface area contributed by atoms with Gasteiger partial charge in [-0.05, 0) is 12.1 Å². The predicted octanol–water partition coefficient (Wildman–Crippen LogP) is 1.24. The molecule has 0 aliphatic carbocycles. The quantitative estimate of drug-likeness (QED) is 0.869. The van der Waals surface area contributed by atoms with Crippen molar-refractivity contribution in [1.29, 1.82) is 0 Å². The summed E-state index contributed by atoms with van der Waals surface area (Å²) in [4.78, 5) is 11.7. The zero-order valence-electron chi connectivity index (χ0n) is 10.3. The summed E-state index contributed by atoms with van der Waals surface area (Å²) >= 11 is 0. The minimum absolute atomic E-state index is 0.00878. The zero-order chi connectivity index (χ0) is 13.9. The molecule has 0 saturated carbocycles. The van der Waals surface area contributed by atoms with Gasteiger partial charge in [0.25, 0.3) is 5.91 Å². The predicted molar refractivity (Wildman–Crippen MR) is 63.7 cm³/mol. The second kappa shape index (κ2) is 5.63. The number of benzene rings is 1. The first kappa shape index (κ1) is 13.9. The van der Waals surface area contributed by atoms with Crippen LogP contribution in [0.5, 0.6) is 0 Å². The van der Waals surface area contributed by atoms with Crippen LogP contribution in [-0.2, 0) is 4.74 Å². The largest absolute Gasteiger partial charge is 0.388 e. The van der Waals surface area contributed by atoms with Gasteiger partial charge in [-0.25, -0.2) is 8.78 Å². The Balaban J connectivity index is 1.99. The summed E-state index contributed by atoms with van der Waals surface area (Å²) in [6, 6.07) is 3.40. The molecule has 0 bridgehead atoms. The Morgan fingerprint density at radius 1 is 1.37 bits per heavy atom. The van der Waals surface area contributed by atoms with Crippen molar-refractivity contribution < 1.29 is 23.4 Å². The molecule has 6 heteroatoms. The van der Waals surface area contributed by atoms with Crippen LogP contribution in [0.25, 0.3) is 0 Å². The van der Waals surface area contributed by atoms with Crippen molar-refractivity contribution in [3.05, 3.63) is 35.4 Å². The lowest BCUT2D eigenvalue weighted by atomic mass is 9.94. The molecule has 1 saturated heterocycles. The minimum Gasteiger partial charge on any atom is -0.388 e. The first-order valence-electron chi connectivity index (χ1n) is 6.04. The maximum atomic E-state index is 13.4. The third kappa shape index (κ3) is 3.27. The average Bonchev–Trinajstić information content (AvgIpc) is 2.40. The summed E-state index contributed by atoms with van der Waals surface area (Å²) < 4.78 is 31.5. The molecule has 1 heterocycles. The van der Waals surface area contributed by atoms with Gasteiger partial charge >= 0.3 is 0 Å². The van der Waals surface area contributed by atoms with Gasteiger partial charge in [0, 0.05) is 32.6 Å². The molecule has 1 aromatic rings. The van der Waals surface area contributed by atoms with Crippen molar-refractivity contribution >= 4 is 5.91 Å². The summed E-state index contributed by atoms with van der Waals surface area (Å²) in [6.45, 7) is 0.826. The number of nitrogens with one attached hydrogen (secondary N) is 1. The van der Waals surface area contributed by atoms with Crippen LogP contribution < -0.4 is 5.32 Å². The highest BCUT2D eigenvalue weighted by molar-refractivity contribution is 5.94. The van der Waals surface area contributed by atoms with Gasteiger partial charge in [0.1, 0.15) is 0 Å². The summed E-state index contributed by atoms with van der Waals surface area (Å²) in [5, 5.41) is 12.6. The molecule has 1 amide bonds. The van der Waals surface area contributed by atoms with Crippen LogP contribution >= 0.6 is 0 Å². The number of carbonyl (C=O) groups is 1. The monoisotopic (exact) mass is 271 g/mol. The molecular weight excluding hydrogens is 256 g/mol. The zero-order valence-corrected chi connectivity index (χ0v) is 10.3. The van der Waals surface area contributed by atoms with Gasteiger partial charge in [-0.15, -0.1) is 0 Å². The highest BCUT2D eigenvalue weighted by Gasteiger charge is 2.30. The van der Waals surface area contributed by atoms with E-state index in [1.807, 2.05) is 0 Å². The van der Waals surface area contributed by atoms with Gasteiger partial charge in [0.2, 0.25) is 0 Å². The van der Waals surface area contributed by atoms with Gasteiger partial charge < -0.3 is 15.2 Å². The number of rotatable bonds is 3. The number of hydrogen-bond acceptors (Lipinski definition) is 3. The lowest BCUT2D eigenvalue weighted by molar-refractivity contribution is -0.0605. The maximum absolute atomic E-state index is 13.4. The normalized spacial score (nSPS) is 18.1. The van der Waals surface area contributed by atoms with E-state index in [1.165, 1.54) is 12.1 Å². The Hall–Kier alpha value is -1.53. The molecule has 1 aliphatic rings. The van der Waals surface area contributed by atoms with Crippen molar-refractivity contribution in [2.75, 3.05) is 19.8 Å². The Morgan fingerprint density at radius 2 is 2.05 bits per heavy atom. The molecule has 19 heavy (non-hydrogen) atoms. The van der Waals surface area contributed by atoms with Crippen LogP contribution in [0.15, 0.2) is 18.2 Å². The van der Waals surface area contributed by atoms with E-state index < -0.39 is 23.1 Å². The van der Waals surface area contributed by atoms with Crippen molar-refractivity contribution in [3.8, 4) is 0 Å². The van der Waals surface area contributed by atoms with Crippen LogP contribution in [-0.4, -0.2) is 36.4 Å². The minimum atomic E-state index is -1.18. The number of carbonyl (C=O) groups excluding carboxylic acids is 1. The Labute approximate surface area is 109 Å². The molecule has 0 aromatic heterocycles. The van der Waals surface area contributed by atoms with E-state index in [1.54, 1.807) is 0 Å². The first-order chi connectivity index (χ1) is 9.02. The van der Waals surface area contributed by atoms with Gasteiger partial charge in [0.05, 0.1) is 11.2 Å². The van der Waals surface area contributed by atoms with E-state index in [9.17, 15) is 18.7 Å². The third-order valence-electron chi connectivity index (χ3n) is 3.20. The summed E-state index contributed by atoms with van der Waals surface area (Å²) in [6.07, 6.45) is 0.803. The van der Waals surface area contributed by atoms with Gasteiger partial charge in [-0.3, -0.25) is 4.79 Å². The second-order valence-corrected chi connectivity index (χ2v) is 4.62. The van der Waals surface area contributed by atoms with Crippen LogP contribution in [0.2, 0.25) is 0 Å².